The van der Waals surface area contributed by atoms with Crippen LogP contribution >= 0.6 is 0 Å². The Bertz CT molecular complexity index is 480. The monoisotopic (exact) mass is 509 g/mol. The van der Waals surface area contributed by atoms with Crippen LogP contribution in [0, 0.1) is 0 Å². The number of carboxylic acids is 1. The van der Waals surface area contributed by atoms with Crippen LogP contribution in [0.25, 0.3) is 0 Å². The molecule has 0 saturated heterocycles. The zero-order valence-electron chi connectivity index (χ0n) is 24.4. The first-order valence-corrected chi connectivity index (χ1v) is 16.1. The maximum Gasteiger partial charge on any atom is 0.326 e. The van der Waals surface area contributed by atoms with Gasteiger partial charge in [0, 0.05) is 6.42 Å². The number of aliphatic carboxylic acids is 1. The van der Waals surface area contributed by atoms with Gasteiger partial charge in [-0.25, -0.2) is 4.79 Å². The van der Waals surface area contributed by atoms with E-state index < -0.39 is 12.0 Å². The van der Waals surface area contributed by atoms with E-state index in [0.717, 1.165) is 25.7 Å². The molecule has 0 aromatic carbocycles. The van der Waals surface area contributed by atoms with Gasteiger partial charge in [0.1, 0.15) is 6.04 Å². The van der Waals surface area contributed by atoms with E-state index >= 15 is 0 Å². The van der Waals surface area contributed by atoms with Crippen molar-refractivity contribution in [2.45, 2.75) is 193 Å². The maximum absolute atomic E-state index is 12.2. The molecule has 4 nitrogen and oxygen atoms in total. The van der Waals surface area contributed by atoms with Gasteiger partial charge in [-0.05, 0) is 12.8 Å². The number of rotatable bonds is 29. The van der Waals surface area contributed by atoms with Crippen molar-refractivity contribution in [3.05, 3.63) is 0 Å². The zero-order chi connectivity index (χ0) is 26.5. The van der Waals surface area contributed by atoms with Crippen molar-refractivity contribution in [3.8, 4) is 0 Å². The Labute approximate surface area is 225 Å². The number of carbonyl (C=O) groups is 2. The molecule has 1 amide bonds. The van der Waals surface area contributed by atoms with Gasteiger partial charge >= 0.3 is 5.97 Å². The summed E-state index contributed by atoms with van der Waals surface area (Å²) in [5, 5.41) is 12.2. The molecule has 0 rings (SSSR count). The van der Waals surface area contributed by atoms with E-state index in [9.17, 15) is 14.7 Å². The molecule has 0 aliphatic carbocycles. The average Bonchev–Trinajstić information content (AvgIpc) is 2.86. The predicted molar refractivity (Wildman–Crippen MR) is 156 cm³/mol. The fourth-order valence-electron chi connectivity index (χ4n) is 5.02. The van der Waals surface area contributed by atoms with Gasteiger partial charge in [0.25, 0.3) is 0 Å². The summed E-state index contributed by atoms with van der Waals surface area (Å²) < 4.78 is 0. The lowest BCUT2D eigenvalue weighted by molar-refractivity contribution is -0.142. The summed E-state index contributed by atoms with van der Waals surface area (Å²) in [5.41, 5.74) is 0. The second-order valence-corrected chi connectivity index (χ2v) is 11.1. The van der Waals surface area contributed by atoms with Gasteiger partial charge in [-0.2, -0.15) is 0 Å². The largest absolute Gasteiger partial charge is 0.480 e. The summed E-state index contributed by atoms with van der Waals surface area (Å²) in [5.74, 6) is -0.985. The first kappa shape index (κ1) is 34.9. The van der Waals surface area contributed by atoms with Gasteiger partial charge < -0.3 is 10.4 Å². The molecule has 1 atom stereocenters. The SMILES string of the molecule is CCCCCCCCCCCCCCCCC(NC(=O)CCCCCCCCCCCCC)C(=O)O. The van der Waals surface area contributed by atoms with Crippen molar-refractivity contribution in [2.24, 2.45) is 0 Å². The minimum Gasteiger partial charge on any atom is -0.480 e. The molecule has 0 saturated carbocycles. The molecule has 0 aromatic rings. The standard InChI is InChI=1S/C32H63NO3/c1-3-5-7-9-11-13-15-16-17-19-20-22-24-26-28-30(32(35)36)33-31(34)29-27-25-23-21-18-14-12-10-8-6-4-2/h30H,3-29H2,1-2H3,(H,33,34)(H,35,36). The summed E-state index contributed by atoms with van der Waals surface area (Å²) in [7, 11) is 0. The first-order valence-electron chi connectivity index (χ1n) is 16.1. The Morgan fingerprint density at radius 3 is 1.14 bits per heavy atom. The number of carbonyl (C=O) groups excluding carboxylic acids is 1. The zero-order valence-corrected chi connectivity index (χ0v) is 24.4. The van der Waals surface area contributed by atoms with Crippen molar-refractivity contribution in [2.75, 3.05) is 0 Å². The lowest BCUT2D eigenvalue weighted by Crippen LogP contribution is -2.40. The molecule has 0 aliphatic heterocycles. The second-order valence-electron chi connectivity index (χ2n) is 11.1. The van der Waals surface area contributed by atoms with E-state index in [0.29, 0.717) is 12.8 Å². The summed E-state index contributed by atoms with van der Waals surface area (Å²) in [6, 6.07) is -0.720. The van der Waals surface area contributed by atoms with Crippen LogP contribution in [0.2, 0.25) is 0 Å². The third kappa shape index (κ3) is 26.0. The minimum atomic E-state index is -0.892. The number of hydrogen-bond acceptors (Lipinski definition) is 2. The highest BCUT2D eigenvalue weighted by Gasteiger charge is 2.18. The summed E-state index contributed by atoms with van der Waals surface area (Å²) in [4.78, 5) is 23.7. The van der Waals surface area contributed by atoms with E-state index in [1.54, 1.807) is 0 Å². The van der Waals surface area contributed by atoms with Crippen LogP contribution in [0.5, 0.6) is 0 Å². The lowest BCUT2D eigenvalue weighted by atomic mass is 10.0. The summed E-state index contributed by atoms with van der Waals surface area (Å²) in [6.07, 6.45) is 32.9. The van der Waals surface area contributed by atoms with E-state index in [2.05, 4.69) is 19.2 Å². The van der Waals surface area contributed by atoms with E-state index in [1.807, 2.05) is 0 Å². The third-order valence-corrected chi connectivity index (χ3v) is 7.49. The van der Waals surface area contributed by atoms with Gasteiger partial charge in [0.15, 0.2) is 0 Å². The Hall–Kier alpha value is -1.06. The lowest BCUT2D eigenvalue weighted by Gasteiger charge is -2.14. The number of hydrogen-bond donors (Lipinski definition) is 2. The van der Waals surface area contributed by atoms with Gasteiger partial charge in [-0.3, -0.25) is 4.79 Å². The minimum absolute atomic E-state index is 0.0938. The molecule has 0 bridgehead atoms. The van der Waals surface area contributed by atoms with Crippen LogP contribution in [-0.2, 0) is 9.59 Å². The molecule has 0 heterocycles. The van der Waals surface area contributed by atoms with E-state index in [1.165, 1.54) is 135 Å². The Kier molecular flexibility index (Phi) is 27.7. The van der Waals surface area contributed by atoms with Crippen molar-refractivity contribution < 1.29 is 14.7 Å². The predicted octanol–water partition coefficient (Wildman–Crippen LogP) is 10.1. The molecule has 36 heavy (non-hydrogen) atoms. The molecule has 0 radical (unpaired) electrons. The normalized spacial score (nSPS) is 12.1. The van der Waals surface area contributed by atoms with Gasteiger partial charge in [-0.1, -0.05) is 168 Å². The van der Waals surface area contributed by atoms with Gasteiger partial charge in [-0.15, -0.1) is 0 Å². The topological polar surface area (TPSA) is 66.4 Å². The van der Waals surface area contributed by atoms with Crippen LogP contribution in [0.1, 0.15) is 187 Å². The van der Waals surface area contributed by atoms with Crippen LogP contribution in [0.15, 0.2) is 0 Å². The molecule has 0 aromatic heterocycles. The number of amides is 1. The van der Waals surface area contributed by atoms with Crippen molar-refractivity contribution in [3.63, 3.8) is 0 Å². The van der Waals surface area contributed by atoms with Crippen LogP contribution < -0.4 is 5.32 Å². The third-order valence-electron chi connectivity index (χ3n) is 7.49. The maximum atomic E-state index is 12.2. The highest BCUT2D eigenvalue weighted by Crippen LogP contribution is 2.15. The highest BCUT2D eigenvalue weighted by atomic mass is 16.4. The van der Waals surface area contributed by atoms with Crippen molar-refractivity contribution in [1.29, 1.82) is 0 Å². The van der Waals surface area contributed by atoms with Crippen molar-refractivity contribution >= 4 is 11.9 Å². The van der Waals surface area contributed by atoms with Crippen molar-refractivity contribution in [1.82, 2.24) is 5.32 Å². The quantitative estimate of drug-likeness (QED) is 0.0985. The Balaban J connectivity index is 3.56. The number of nitrogens with one attached hydrogen (secondary N) is 1. The molecular formula is C32H63NO3. The van der Waals surface area contributed by atoms with Crippen LogP contribution in [0.3, 0.4) is 0 Å². The Morgan fingerprint density at radius 2 is 0.806 bits per heavy atom. The van der Waals surface area contributed by atoms with E-state index in [-0.39, 0.29) is 5.91 Å². The van der Waals surface area contributed by atoms with Crippen LogP contribution in [-0.4, -0.2) is 23.0 Å². The number of unbranched alkanes of at least 4 members (excludes halogenated alkanes) is 23. The molecule has 2 N–H and O–H groups in total. The fourth-order valence-corrected chi connectivity index (χ4v) is 5.02. The average molecular weight is 510 g/mol. The highest BCUT2D eigenvalue weighted by molar-refractivity contribution is 5.83. The second kappa shape index (κ2) is 28.5. The summed E-state index contributed by atoms with van der Waals surface area (Å²) in [6.45, 7) is 4.52. The molecule has 0 spiro atoms. The Morgan fingerprint density at radius 1 is 0.500 bits per heavy atom. The molecule has 1 unspecified atom stereocenters. The summed E-state index contributed by atoms with van der Waals surface area (Å²) >= 11 is 0. The van der Waals surface area contributed by atoms with E-state index in [4.69, 9.17) is 0 Å². The first-order chi connectivity index (χ1) is 17.6. The molecular weight excluding hydrogens is 446 g/mol. The smallest absolute Gasteiger partial charge is 0.326 e. The van der Waals surface area contributed by atoms with Gasteiger partial charge in [0.2, 0.25) is 5.91 Å². The molecule has 0 fully saturated rings. The van der Waals surface area contributed by atoms with Crippen LogP contribution in [0.4, 0.5) is 0 Å². The fraction of sp³-hybridized carbons (Fsp3) is 0.938. The molecule has 4 heteroatoms. The number of carboxylic acid groups (broad SMARTS) is 1. The molecule has 214 valence electrons. The molecule has 0 aliphatic rings. The van der Waals surface area contributed by atoms with Gasteiger partial charge in [0.05, 0.1) is 0 Å².